The van der Waals surface area contributed by atoms with E-state index in [-0.39, 0.29) is 5.84 Å². The van der Waals surface area contributed by atoms with E-state index < -0.39 is 0 Å². The van der Waals surface area contributed by atoms with Gasteiger partial charge in [0.2, 0.25) is 0 Å². The molecular weight excluding hydrogens is 226 g/mol. The standard InChI is InChI=1S/C14H21N3O/c1-10(12-5-3-6-12)16-9-11-4-2-7-13(8-11)14(15)17-18/h2,4,7-8,10,12,16,18H,3,5-6,9H2,1H3,(H2,15,17). The molecule has 0 aliphatic heterocycles. The van der Waals surface area contributed by atoms with Gasteiger partial charge in [0.1, 0.15) is 0 Å². The van der Waals surface area contributed by atoms with Crippen molar-refractivity contribution in [2.24, 2.45) is 16.8 Å². The van der Waals surface area contributed by atoms with Gasteiger partial charge in [0.05, 0.1) is 0 Å². The normalized spacial score (nSPS) is 18.4. The highest BCUT2D eigenvalue weighted by Crippen LogP contribution is 2.29. The van der Waals surface area contributed by atoms with Gasteiger partial charge in [-0.25, -0.2) is 0 Å². The van der Waals surface area contributed by atoms with Gasteiger partial charge in [-0.05, 0) is 37.3 Å². The third-order valence-electron chi connectivity index (χ3n) is 3.82. The van der Waals surface area contributed by atoms with Crippen LogP contribution < -0.4 is 11.1 Å². The number of nitrogens with two attached hydrogens (primary N) is 1. The average Bonchev–Trinajstić information content (AvgIpc) is 2.33. The summed E-state index contributed by atoms with van der Waals surface area (Å²) in [5.41, 5.74) is 7.49. The predicted molar refractivity (Wildman–Crippen MR) is 72.6 cm³/mol. The van der Waals surface area contributed by atoms with Gasteiger partial charge in [-0.1, -0.05) is 29.8 Å². The molecule has 98 valence electrons. The number of benzene rings is 1. The largest absolute Gasteiger partial charge is 0.409 e. The van der Waals surface area contributed by atoms with Crippen molar-refractivity contribution in [1.82, 2.24) is 5.32 Å². The minimum Gasteiger partial charge on any atom is -0.409 e. The van der Waals surface area contributed by atoms with E-state index in [9.17, 15) is 0 Å². The second-order valence-electron chi connectivity index (χ2n) is 5.05. The summed E-state index contributed by atoms with van der Waals surface area (Å²) in [5, 5.41) is 15.2. The summed E-state index contributed by atoms with van der Waals surface area (Å²) in [6.45, 7) is 3.07. The molecule has 18 heavy (non-hydrogen) atoms. The van der Waals surface area contributed by atoms with Crippen molar-refractivity contribution in [3.63, 3.8) is 0 Å². The molecule has 0 heterocycles. The first kappa shape index (κ1) is 12.9. The van der Waals surface area contributed by atoms with Crippen LogP contribution in [0.1, 0.15) is 37.3 Å². The maximum Gasteiger partial charge on any atom is 0.170 e. The molecule has 0 radical (unpaired) electrons. The molecule has 1 aromatic rings. The van der Waals surface area contributed by atoms with Gasteiger partial charge < -0.3 is 16.3 Å². The Hall–Kier alpha value is -1.55. The molecule has 1 aromatic carbocycles. The molecule has 1 unspecified atom stereocenters. The Morgan fingerprint density at radius 2 is 2.33 bits per heavy atom. The van der Waals surface area contributed by atoms with Crippen LogP contribution in [0.25, 0.3) is 0 Å². The lowest BCUT2D eigenvalue weighted by atomic mass is 9.80. The second-order valence-corrected chi connectivity index (χ2v) is 5.05. The molecule has 4 nitrogen and oxygen atoms in total. The zero-order valence-corrected chi connectivity index (χ0v) is 10.8. The molecule has 2 rings (SSSR count). The van der Waals surface area contributed by atoms with Crippen LogP contribution in [-0.2, 0) is 6.54 Å². The van der Waals surface area contributed by atoms with Crippen molar-refractivity contribution in [2.45, 2.75) is 38.8 Å². The highest BCUT2D eigenvalue weighted by Gasteiger charge is 2.23. The molecule has 1 atom stereocenters. The van der Waals surface area contributed by atoms with Crippen LogP contribution in [0.3, 0.4) is 0 Å². The van der Waals surface area contributed by atoms with Gasteiger partial charge in [-0.15, -0.1) is 0 Å². The molecule has 1 fully saturated rings. The Morgan fingerprint density at radius 1 is 1.56 bits per heavy atom. The van der Waals surface area contributed by atoms with Gasteiger partial charge in [0.25, 0.3) is 0 Å². The fraction of sp³-hybridized carbons (Fsp3) is 0.500. The number of nitrogens with one attached hydrogen (secondary N) is 1. The van der Waals surface area contributed by atoms with Crippen LogP contribution in [0.2, 0.25) is 0 Å². The lowest BCUT2D eigenvalue weighted by molar-refractivity contribution is 0.240. The first-order valence-electron chi connectivity index (χ1n) is 6.51. The molecule has 0 bridgehead atoms. The van der Waals surface area contributed by atoms with Crippen molar-refractivity contribution < 1.29 is 5.21 Å². The lowest BCUT2D eigenvalue weighted by Crippen LogP contribution is -2.36. The summed E-state index contributed by atoms with van der Waals surface area (Å²) in [4.78, 5) is 0. The highest BCUT2D eigenvalue weighted by atomic mass is 16.4. The molecule has 0 saturated heterocycles. The highest BCUT2D eigenvalue weighted by molar-refractivity contribution is 5.97. The van der Waals surface area contributed by atoms with E-state index >= 15 is 0 Å². The number of rotatable bonds is 5. The molecule has 0 aromatic heterocycles. The average molecular weight is 247 g/mol. The number of oxime groups is 1. The molecule has 4 heteroatoms. The van der Waals surface area contributed by atoms with Gasteiger partial charge in [0.15, 0.2) is 5.84 Å². The van der Waals surface area contributed by atoms with Gasteiger partial charge in [0, 0.05) is 18.2 Å². The summed E-state index contributed by atoms with van der Waals surface area (Å²) in [5.74, 6) is 0.987. The SMILES string of the molecule is CC(NCc1cccc(/C(N)=N/O)c1)C1CCC1. The molecule has 4 N–H and O–H groups in total. The number of amidine groups is 1. The van der Waals surface area contributed by atoms with Crippen molar-refractivity contribution >= 4 is 5.84 Å². The van der Waals surface area contributed by atoms with Crippen molar-refractivity contribution in [3.05, 3.63) is 35.4 Å². The fourth-order valence-electron chi connectivity index (χ4n) is 2.28. The van der Waals surface area contributed by atoms with E-state index in [4.69, 9.17) is 10.9 Å². The molecule has 1 aliphatic rings. The van der Waals surface area contributed by atoms with E-state index in [0.717, 1.165) is 23.6 Å². The van der Waals surface area contributed by atoms with Crippen LogP contribution in [0.4, 0.5) is 0 Å². The molecule has 0 amide bonds. The first-order chi connectivity index (χ1) is 8.70. The Kier molecular flexibility index (Phi) is 4.20. The minimum absolute atomic E-state index is 0.156. The summed E-state index contributed by atoms with van der Waals surface area (Å²) in [6, 6.07) is 8.34. The van der Waals surface area contributed by atoms with Crippen LogP contribution in [0.15, 0.2) is 29.4 Å². The monoisotopic (exact) mass is 247 g/mol. The Balaban J connectivity index is 1.92. The van der Waals surface area contributed by atoms with Crippen LogP contribution >= 0.6 is 0 Å². The number of hydrogen-bond donors (Lipinski definition) is 3. The summed E-state index contributed by atoms with van der Waals surface area (Å²) in [6.07, 6.45) is 4.06. The van der Waals surface area contributed by atoms with E-state index in [1.807, 2.05) is 18.2 Å². The van der Waals surface area contributed by atoms with E-state index in [1.54, 1.807) is 0 Å². The third kappa shape index (κ3) is 3.01. The number of hydrogen-bond acceptors (Lipinski definition) is 3. The quantitative estimate of drug-likeness (QED) is 0.323. The van der Waals surface area contributed by atoms with Crippen molar-refractivity contribution in [2.75, 3.05) is 0 Å². The third-order valence-corrected chi connectivity index (χ3v) is 3.82. The summed E-state index contributed by atoms with van der Waals surface area (Å²) >= 11 is 0. The fourth-order valence-corrected chi connectivity index (χ4v) is 2.28. The maximum absolute atomic E-state index is 8.66. The Labute approximate surface area is 108 Å². The predicted octanol–water partition coefficient (Wildman–Crippen LogP) is 2.06. The molecule has 1 aliphatic carbocycles. The zero-order valence-electron chi connectivity index (χ0n) is 10.8. The summed E-state index contributed by atoms with van der Waals surface area (Å²) in [7, 11) is 0. The van der Waals surface area contributed by atoms with E-state index in [2.05, 4.69) is 23.5 Å². The minimum atomic E-state index is 0.156. The van der Waals surface area contributed by atoms with Crippen molar-refractivity contribution in [1.29, 1.82) is 0 Å². The molecule has 1 saturated carbocycles. The zero-order chi connectivity index (χ0) is 13.0. The van der Waals surface area contributed by atoms with E-state index in [1.165, 1.54) is 19.3 Å². The van der Waals surface area contributed by atoms with Crippen LogP contribution in [0, 0.1) is 5.92 Å². The van der Waals surface area contributed by atoms with E-state index in [0.29, 0.717) is 6.04 Å². The first-order valence-corrected chi connectivity index (χ1v) is 6.51. The Bertz CT molecular complexity index is 427. The van der Waals surface area contributed by atoms with Crippen LogP contribution in [0.5, 0.6) is 0 Å². The molecule has 0 spiro atoms. The van der Waals surface area contributed by atoms with Gasteiger partial charge >= 0.3 is 0 Å². The van der Waals surface area contributed by atoms with Gasteiger partial charge in [-0.3, -0.25) is 0 Å². The van der Waals surface area contributed by atoms with Crippen LogP contribution in [-0.4, -0.2) is 17.1 Å². The Morgan fingerprint density at radius 3 is 2.94 bits per heavy atom. The lowest BCUT2D eigenvalue weighted by Gasteiger charge is -2.32. The number of nitrogens with zero attached hydrogens (tertiary/aromatic N) is 1. The topological polar surface area (TPSA) is 70.6 Å². The maximum atomic E-state index is 8.66. The second kappa shape index (κ2) is 5.87. The smallest absolute Gasteiger partial charge is 0.170 e. The molecular formula is C14H21N3O. The van der Waals surface area contributed by atoms with Gasteiger partial charge in [-0.2, -0.15) is 0 Å². The van der Waals surface area contributed by atoms with Crippen molar-refractivity contribution in [3.8, 4) is 0 Å². The summed E-state index contributed by atoms with van der Waals surface area (Å²) < 4.78 is 0.